The second-order valence-electron chi connectivity index (χ2n) is 12.8. The van der Waals surface area contributed by atoms with E-state index in [1.54, 1.807) is 7.05 Å². The molecule has 0 aliphatic rings. The summed E-state index contributed by atoms with van der Waals surface area (Å²) in [6, 6.07) is 7.66. The molecule has 0 amide bonds. The lowest BCUT2D eigenvalue weighted by Gasteiger charge is -2.17. The molecular formula is C30H37Cl3N12O14S4. The van der Waals surface area contributed by atoms with Crippen LogP contribution in [0.1, 0.15) is 7.43 Å². The first-order valence-corrected chi connectivity index (χ1v) is 25.1. The SMILES string of the molecule is C.CS(C)(=O)=O.Cn1nc(N(S(C)(=O)=O)S(C)(=O)=O)c2c(Cl)ccc([N+](=O)[O-])c21.Cn1nc(N)c2c(Cl)ccc([N+](=O)[O-])c21.Cn1nc(NS(C)(=O)=O)c2c(Cl)ccc([N+](=O)[O-])c21. The first-order chi connectivity index (χ1) is 28.1. The lowest BCUT2D eigenvalue weighted by molar-refractivity contribution is -0.383. The van der Waals surface area contributed by atoms with Crippen molar-refractivity contribution < 1.29 is 48.4 Å². The first kappa shape index (κ1) is 53.5. The van der Waals surface area contributed by atoms with Crippen LogP contribution >= 0.6 is 34.8 Å². The highest BCUT2D eigenvalue weighted by Gasteiger charge is 2.34. The summed E-state index contributed by atoms with van der Waals surface area (Å²) in [4.78, 5) is 31.1. The minimum absolute atomic E-state index is 0. The summed E-state index contributed by atoms with van der Waals surface area (Å²) in [7, 11) is -10.4. The number of nitrogens with two attached hydrogens (primary N) is 1. The third-order valence-corrected chi connectivity index (χ3v) is 12.1. The lowest BCUT2D eigenvalue weighted by Crippen LogP contribution is -2.35. The van der Waals surface area contributed by atoms with Crippen LogP contribution in [0.3, 0.4) is 0 Å². The quantitative estimate of drug-likeness (QED) is 0.158. The number of hydrogen-bond acceptors (Lipinski definition) is 18. The van der Waals surface area contributed by atoms with Gasteiger partial charge in [0.1, 0.15) is 26.4 Å². The topological polar surface area (TPSA) is 361 Å². The van der Waals surface area contributed by atoms with Crippen molar-refractivity contribution in [2.45, 2.75) is 7.43 Å². The Morgan fingerprint density at radius 2 is 0.905 bits per heavy atom. The number of nitrogen functional groups attached to an aromatic ring is 1. The lowest BCUT2D eigenvalue weighted by atomic mass is 10.2. The number of non-ortho nitro benzene ring substituents is 3. The number of rotatable bonds is 8. The van der Waals surface area contributed by atoms with Crippen LogP contribution in [0.4, 0.5) is 34.5 Å². The average Bonchev–Trinajstić information content (AvgIpc) is 3.69. The van der Waals surface area contributed by atoms with Crippen LogP contribution in [0.25, 0.3) is 32.7 Å². The fourth-order valence-electron chi connectivity index (χ4n) is 5.46. The number of aryl methyl sites for hydroxylation is 3. The van der Waals surface area contributed by atoms with Crippen LogP contribution in [0.5, 0.6) is 0 Å². The summed E-state index contributed by atoms with van der Waals surface area (Å²) in [6.45, 7) is 0. The molecule has 63 heavy (non-hydrogen) atoms. The summed E-state index contributed by atoms with van der Waals surface area (Å²) in [6.07, 6.45) is 4.64. The van der Waals surface area contributed by atoms with Crippen LogP contribution < -0.4 is 14.2 Å². The van der Waals surface area contributed by atoms with Gasteiger partial charge in [-0.15, -0.1) is 3.71 Å². The van der Waals surface area contributed by atoms with Crippen LogP contribution in [-0.4, -0.2) is 109 Å². The van der Waals surface area contributed by atoms with Crippen LogP contribution in [0.2, 0.25) is 15.1 Å². The monoisotopic (exact) mass is 1020 g/mol. The Hall–Kier alpha value is -5.66. The average molecular weight is 1020 g/mol. The van der Waals surface area contributed by atoms with Crippen molar-refractivity contribution in [3.8, 4) is 0 Å². The van der Waals surface area contributed by atoms with Gasteiger partial charge in [0.15, 0.2) is 17.5 Å². The minimum atomic E-state index is -4.26. The predicted octanol–water partition coefficient (Wildman–Crippen LogP) is 4.38. The molecule has 0 radical (unpaired) electrons. The Balaban J connectivity index is 0.000000311. The Kier molecular flexibility index (Phi) is 16.5. The molecule has 3 N–H and O–H groups in total. The van der Waals surface area contributed by atoms with Crippen molar-refractivity contribution in [2.75, 3.05) is 45.4 Å². The number of aromatic nitrogens is 6. The summed E-state index contributed by atoms with van der Waals surface area (Å²) >= 11 is 17.9. The van der Waals surface area contributed by atoms with E-state index >= 15 is 0 Å². The number of sulfonamides is 3. The number of fused-ring (bicyclic) bond motifs is 3. The first-order valence-electron chi connectivity index (χ1n) is 16.1. The zero-order valence-electron chi connectivity index (χ0n) is 33.0. The molecule has 0 atom stereocenters. The zero-order valence-corrected chi connectivity index (χ0v) is 38.5. The largest absolute Gasteiger partial charge is 0.382 e. The molecule has 6 rings (SSSR count). The maximum atomic E-state index is 11.9. The summed E-state index contributed by atoms with van der Waals surface area (Å²) in [5.41, 5.74) is 5.38. The second kappa shape index (κ2) is 19.4. The van der Waals surface area contributed by atoms with Gasteiger partial charge in [0, 0.05) is 51.9 Å². The van der Waals surface area contributed by atoms with E-state index in [0.717, 1.165) is 29.5 Å². The minimum Gasteiger partial charge on any atom is -0.382 e. The van der Waals surface area contributed by atoms with Gasteiger partial charge in [-0.05, 0) is 18.2 Å². The molecule has 26 nitrogen and oxygen atoms in total. The molecule has 0 bridgehead atoms. The number of nitrogens with one attached hydrogen (secondary N) is 1. The fourth-order valence-corrected chi connectivity index (χ4v) is 9.54. The predicted molar refractivity (Wildman–Crippen MR) is 240 cm³/mol. The molecule has 0 unspecified atom stereocenters. The number of nitrogens with zero attached hydrogens (tertiary/aromatic N) is 10. The van der Waals surface area contributed by atoms with E-state index in [1.165, 1.54) is 53.8 Å². The van der Waals surface area contributed by atoms with Gasteiger partial charge in [-0.3, -0.25) is 49.1 Å². The van der Waals surface area contributed by atoms with Crippen molar-refractivity contribution in [1.29, 1.82) is 0 Å². The van der Waals surface area contributed by atoms with Gasteiger partial charge in [-0.2, -0.15) is 15.3 Å². The third kappa shape index (κ3) is 12.7. The number of halogens is 3. The highest BCUT2D eigenvalue weighted by Crippen LogP contribution is 2.39. The maximum absolute atomic E-state index is 11.9. The van der Waals surface area contributed by atoms with Crippen LogP contribution in [-0.2, 0) is 61.1 Å². The molecule has 0 aliphatic heterocycles. The summed E-state index contributed by atoms with van der Waals surface area (Å²) in [5, 5.41) is 45.4. The van der Waals surface area contributed by atoms with Crippen molar-refractivity contribution >= 4 is 142 Å². The van der Waals surface area contributed by atoms with E-state index in [1.807, 2.05) is 0 Å². The Morgan fingerprint density at radius 3 is 1.27 bits per heavy atom. The van der Waals surface area contributed by atoms with E-state index in [4.69, 9.17) is 40.5 Å². The van der Waals surface area contributed by atoms with Crippen molar-refractivity contribution in [3.63, 3.8) is 0 Å². The molecule has 0 saturated heterocycles. The number of sulfone groups is 1. The number of nitro groups is 3. The van der Waals surface area contributed by atoms with Gasteiger partial charge in [0.25, 0.3) is 17.1 Å². The molecule has 3 aromatic heterocycles. The number of nitro benzene ring substituents is 3. The summed E-state index contributed by atoms with van der Waals surface area (Å²) in [5.74, 6) is -0.351. The highest BCUT2D eigenvalue weighted by molar-refractivity contribution is 8.09. The maximum Gasteiger partial charge on any atom is 0.295 e. The van der Waals surface area contributed by atoms with E-state index in [-0.39, 0.29) is 71.7 Å². The third-order valence-electron chi connectivity index (χ3n) is 7.40. The van der Waals surface area contributed by atoms with Gasteiger partial charge in [0.2, 0.25) is 30.1 Å². The molecule has 3 aromatic carbocycles. The van der Waals surface area contributed by atoms with E-state index in [9.17, 15) is 64.0 Å². The van der Waals surface area contributed by atoms with Crippen molar-refractivity contribution in [3.05, 3.63) is 81.8 Å². The Bertz CT molecular complexity index is 3220. The number of anilines is 3. The van der Waals surface area contributed by atoms with Gasteiger partial charge in [-0.1, -0.05) is 42.2 Å². The Labute approximate surface area is 373 Å². The number of hydrogen-bond donors (Lipinski definition) is 2. The zero-order chi connectivity index (χ0) is 47.8. The van der Waals surface area contributed by atoms with Crippen LogP contribution in [0.15, 0.2) is 36.4 Å². The molecule has 0 spiro atoms. The smallest absolute Gasteiger partial charge is 0.295 e. The van der Waals surface area contributed by atoms with Gasteiger partial charge in [0.05, 0.1) is 64.8 Å². The molecule has 33 heteroatoms. The van der Waals surface area contributed by atoms with E-state index in [2.05, 4.69) is 20.0 Å². The van der Waals surface area contributed by atoms with E-state index in [0.29, 0.717) is 28.4 Å². The standard InChI is InChI=1S/C10H11ClN4O6S2.C9H9ClN4O4S.C8H7ClN4O2.C2H6O2S.CH4/c1-13-9-7(14(16)17)5-4-6(11)8(9)10(12-13)15(22(2,18)19)23(3,20)21;1-13-8-6(14(15)16)4-3-5(10)7(8)9(11-13)12-19(2,17)18;1-12-7-5(13(14)15)3-2-4(9)6(7)8(10)11-12;1-5(2,3)4;/h4-5H,1-3H3;3-4H,1-2H3,(H,11,12);2-3H,1H3,(H2,10,11);1-2H3;1H4. The van der Waals surface area contributed by atoms with Crippen molar-refractivity contribution in [1.82, 2.24) is 29.3 Å². The summed E-state index contributed by atoms with van der Waals surface area (Å²) < 4.78 is 95.1. The molecular weight excluding hydrogens is 987 g/mol. The normalized spacial score (nSPS) is 11.6. The Morgan fingerprint density at radius 1 is 0.587 bits per heavy atom. The van der Waals surface area contributed by atoms with Gasteiger partial charge < -0.3 is 5.73 Å². The fraction of sp³-hybridized carbons (Fsp3) is 0.300. The molecule has 346 valence electrons. The molecule has 0 saturated carbocycles. The molecule has 0 aliphatic carbocycles. The van der Waals surface area contributed by atoms with Gasteiger partial charge in [-0.25, -0.2) is 33.7 Å². The van der Waals surface area contributed by atoms with E-state index < -0.39 is 60.5 Å². The van der Waals surface area contributed by atoms with Crippen LogP contribution in [0, 0.1) is 30.3 Å². The molecule has 0 fully saturated rings. The van der Waals surface area contributed by atoms with Gasteiger partial charge >= 0.3 is 0 Å². The number of benzene rings is 3. The highest BCUT2D eigenvalue weighted by atomic mass is 35.5. The van der Waals surface area contributed by atoms with Crippen molar-refractivity contribution in [2.24, 2.45) is 21.1 Å². The molecule has 6 aromatic rings. The second-order valence-corrected chi connectivity index (χ2v) is 22.0. The molecule has 3 heterocycles.